The van der Waals surface area contributed by atoms with Gasteiger partial charge in [0.1, 0.15) is 0 Å². The summed E-state index contributed by atoms with van der Waals surface area (Å²) in [5, 5.41) is 0.715. The van der Waals surface area contributed by atoms with Crippen molar-refractivity contribution in [1.29, 1.82) is 0 Å². The summed E-state index contributed by atoms with van der Waals surface area (Å²) in [6.07, 6.45) is 0. The van der Waals surface area contributed by atoms with Crippen molar-refractivity contribution in [3.05, 3.63) is 29.3 Å². The van der Waals surface area contributed by atoms with Gasteiger partial charge in [0.15, 0.2) is 0 Å². The molecule has 0 aliphatic rings. The fraction of sp³-hybridized carbons (Fsp3) is 0.250. The molecule has 0 unspecified atom stereocenters. The molecule has 0 radical (unpaired) electrons. The quantitative estimate of drug-likeness (QED) is 0.776. The lowest BCUT2D eigenvalue weighted by Crippen LogP contribution is -2.59. The van der Waals surface area contributed by atoms with E-state index < -0.39 is 26.7 Å². The molecule has 0 aliphatic carbocycles. The van der Waals surface area contributed by atoms with Crippen molar-refractivity contribution in [1.82, 2.24) is 0 Å². The van der Waals surface area contributed by atoms with E-state index in [0.717, 1.165) is 20.8 Å². The molecule has 20 heavy (non-hydrogen) atoms. The van der Waals surface area contributed by atoms with E-state index in [4.69, 9.17) is 24.9 Å². The average Bonchev–Trinajstić information content (AvgIpc) is 2.26. The molecule has 0 saturated carbocycles. The third kappa shape index (κ3) is 4.36. The highest BCUT2D eigenvalue weighted by Crippen LogP contribution is 2.14. The molecule has 0 atom stereocenters. The zero-order valence-electron chi connectivity index (χ0n) is 11.1. The maximum Gasteiger partial charge on any atom is 0.742 e. The summed E-state index contributed by atoms with van der Waals surface area (Å²) >= 11 is 5.77. The fourth-order valence-corrected chi connectivity index (χ4v) is 3.78. The summed E-state index contributed by atoms with van der Waals surface area (Å²) in [6, 6.07) is 5.97. The molecule has 1 aromatic rings. The number of carbonyl (C=O) groups excluding carboxylic acids is 3. The van der Waals surface area contributed by atoms with Crippen LogP contribution in [0.3, 0.4) is 0 Å². The van der Waals surface area contributed by atoms with E-state index in [1.54, 1.807) is 0 Å². The SMILES string of the molecule is CC(=O)O[Si](OC(C)=O)(OC(C)=O)c1ccc(Cl)cc1. The Hall–Kier alpha value is -1.86. The van der Waals surface area contributed by atoms with Crippen molar-refractivity contribution in [2.45, 2.75) is 20.8 Å². The number of carbonyl (C=O) groups is 3. The normalized spacial score (nSPS) is 10.6. The van der Waals surface area contributed by atoms with E-state index in [-0.39, 0.29) is 5.19 Å². The molecule has 8 heteroatoms. The van der Waals surface area contributed by atoms with Gasteiger partial charge in [-0.25, -0.2) is 0 Å². The molecule has 0 fully saturated rings. The Kier molecular flexibility index (Phi) is 5.29. The first-order valence-electron chi connectivity index (χ1n) is 5.60. The molecule has 0 N–H and O–H groups in total. The Morgan fingerprint density at radius 3 is 1.50 bits per heavy atom. The molecule has 1 rings (SSSR count). The van der Waals surface area contributed by atoms with Crippen molar-refractivity contribution < 1.29 is 27.7 Å². The van der Waals surface area contributed by atoms with E-state index in [1.165, 1.54) is 24.3 Å². The molecular weight excluding hydrogens is 304 g/mol. The monoisotopic (exact) mass is 316 g/mol. The second-order valence-corrected chi connectivity index (χ2v) is 6.58. The highest BCUT2D eigenvalue weighted by atomic mass is 35.5. The lowest BCUT2D eigenvalue weighted by molar-refractivity contribution is -0.146. The third-order valence-electron chi connectivity index (χ3n) is 2.03. The molecule has 6 nitrogen and oxygen atoms in total. The number of benzene rings is 1. The van der Waals surface area contributed by atoms with Crippen molar-refractivity contribution in [3.8, 4) is 0 Å². The Morgan fingerprint density at radius 1 is 0.850 bits per heavy atom. The van der Waals surface area contributed by atoms with Crippen LogP contribution in [0.5, 0.6) is 0 Å². The molecule has 0 aliphatic heterocycles. The van der Waals surface area contributed by atoms with E-state index in [9.17, 15) is 14.4 Å². The first kappa shape index (κ1) is 16.2. The molecule has 0 bridgehead atoms. The summed E-state index contributed by atoms with van der Waals surface area (Å²) in [4.78, 5) is 33.8. The average molecular weight is 317 g/mol. The van der Waals surface area contributed by atoms with Crippen LogP contribution in [0.25, 0.3) is 0 Å². The minimum absolute atomic E-state index is 0.280. The standard InChI is InChI=1S/C12H13ClO6Si/c1-8(14)17-20(18-9(2)15,19-10(3)16)12-6-4-11(13)5-7-12/h4-7H,1-3H3. The van der Waals surface area contributed by atoms with Gasteiger partial charge in [-0.3, -0.25) is 14.4 Å². The van der Waals surface area contributed by atoms with Gasteiger partial charge >= 0.3 is 8.80 Å². The van der Waals surface area contributed by atoms with Crippen LogP contribution in [-0.4, -0.2) is 26.7 Å². The minimum Gasteiger partial charge on any atom is -0.452 e. The van der Waals surface area contributed by atoms with Gasteiger partial charge < -0.3 is 13.3 Å². The molecule has 1 aromatic carbocycles. The van der Waals surface area contributed by atoms with E-state index in [2.05, 4.69) is 0 Å². The van der Waals surface area contributed by atoms with Crippen LogP contribution in [0, 0.1) is 0 Å². The van der Waals surface area contributed by atoms with Crippen LogP contribution >= 0.6 is 11.6 Å². The van der Waals surface area contributed by atoms with Gasteiger partial charge in [-0.2, -0.15) is 0 Å². The minimum atomic E-state index is -3.99. The molecule has 0 heterocycles. The summed E-state index contributed by atoms with van der Waals surface area (Å²) in [6.45, 7) is 3.39. The fourth-order valence-electron chi connectivity index (χ4n) is 1.46. The predicted molar refractivity (Wildman–Crippen MR) is 72.1 cm³/mol. The molecule has 0 amide bonds. The second-order valence-electron chi connectivity index (χ2n) is 3.84. The van der Waals surface area contributed by atoms with Crippen LogP contribution in [0.1, 0.15) is 20.8 Å². The van der Waals surface area contributed by atoms with Gasteiger partial charge in [-0.1, -0.05) is 23.7 Å². The second kappa shape index (κ2) is 6.53. The van der Waals surface area contributed by atoms with Crippen LogP contribution in [0.4, 0.5) is 0 Å². The van der Waals surface area contributed by atoms with Crippen molar-refractivity contribution in [2.24, 2.45) is 0 Å². The zero-order chi connectivity index (χ0) is 15.3. The lowest BCUT2D eigenvalue weighted by Gasteiger charge is -2.26. The Labute approximate surface area is 122 Å². The third-order valence-corrected chi connectivity index (χ3v) is 4.99. The molecule has 0 saturated heterocycles. The van der Waals surface area contributed by atoms with Crippen LogP contribution in [0.15, 0.2) is 24.3 Å². The van der Waals surface area contributed by atoms with Crippen molar-refractivity contribution in [3.63, 3.8) is 0 Å². The van der Waals surface area contributed by atoms with Gasteiger partial charge in [0.25, 0.3) is 17.9 Å². The predicted octanol–water partition coefficient (Wildman–Crippen LogP) is 1.18. The number of rotatable bonds is 4. The largest absolute Gasteiger partial charge is 0.742 e. The van der Waals surface area contributed by atoms with Gasteiger partial charge in [-0.15, -0.1) is 0 Å². The van der Waals surface area contributed by atoms with E-state index in [0.29, 0.717) is 5.02 Å². The van der Waals surface area contributed by atoms with E-state index in [1.807, 2.05) is 0 Å². The van der Waals surface area contributed by atoms with Crippen LogP contribution in [0.2, 0.25) is 5.02 Å². The maximum absolute atomic E-state index is 11.3. The summed E-state index contributed by atoms with van der Waals surface area (Å²) in [7, 11) is -3.99. The summed E-state index contributed by atoms with van der Waals surface area (Å²) in [5.74, 6) is -2.18. The Morgan fingerprint density at radius 2 is 1.20 bits per heavy atom. The van der Waals surface area contributed by atoms with Crippen molar-refractivity contribution >= 4 is 43.5 Å². The van der Waals surface area contributed by atoms with Crippen LogP contribution < -0.4 is 5.19 Å². The highest BCUT2D eigenvalue weighted by Gasteiger charge is 2.54. The van der Waals surface area contributed by atoms with Gasteiger partial charge in [0.05, 0.1) is 5.19 Å². The summed E-state index contributed by atoms with van der Waals surface area (Å²) < 4.78 is 15.2. The van der Waals surface area contributed by atoms with Gasteiger partial charge in [-0.05, 0) is 12.1 Å². The van der Waals surface area contributed by atoms with Gasteiger partial charge in [0.2, 0.25) is 0 Å². The first-order chi connectivity index (χ1) is 9.25. The number of halogens is 1. The van der Waals surface area contributed by atoms with E-state index >= 15 is 0 Å². The topological polar surface area (TPSA) is 78.9 Å². The highest BCUT2D eigenvalue weighted by molar-refractivity contribution is 6.79. The van der Waals surface area contributed by atoms with Crippen LogP contribution in [-0.2, 0) is 27.7 Å². The Bertz CT molecular complexity index is 486. The van der Waals surface area contributed by atoms with Gasteiger partial charge in [0, 0.05) is 25.8 Å². The molecular formula is C12H13ClO6Si. The Balaban J connectivity index is 3.32. The summed E-state index contributed by atoms with van der Waals surface area (Å²) in [5.41, 5.74) is 0. The first-order valence-corrected chi connectivity index (χ1v) is 7.70. The molecule has 0 spiro atoms. The maximum atomic E-state index is 11.3. The number of hydrogen-bond acceptors (Lipinski definition) is 6. The lowest BCUT2D eigenvalue weighted by atomic mass is 10.4. The molecule has 0 aromatic heterocycles. The smallest absolute Gasteiger partial charge is 0.452 e. The van der Waals surface area contributed by atoms with Crippen molar-refractivity contribution in [2.75, 3.05) is 0 Å². The number of hydrogen-bond donors (Lipinski definition) is 0. The molecule has 108 valence electrons. The zero-order valence-corrected chi connectivity index (χ0v) is 12.9.